The van der Waals surface area contributed by atoms with Gasteiger partial charge in [0.25, 0.3) is 0 Å². The van der Waals surface area contributed by atoms with Gasteiger partial charge in [-0.3, -0.25) is 9.69 Å². The Morgan fingerprint density at radius 3 is 2.83 bits per heavy atom. The summed E-state index contributed by atoms with van der Waals surface area (Å²) in [6.45, 7) is 7.03. The zero-order valence-corrected chi connectivity index (χ0v) is 16.4. The van der Waals surface area contributed by atoms with Crippen molar-refractivity contribution in [3.8, 4) is 0 Å². The molecule has 2 aliphatic rings. The van der Waals surface area contributed by atoms with Crippen molar-refractivity contribution in [2.75, 3.05) is 33.2 Å². The largest absolute Gasteiger partial charge is 0.337 e. The highest BCUT2D eigenvalue weighted by Crippen LogP contribution is 2.26. The van der Waals surface area contributed by atoms with Crippen LogP contribution in [0.5, 0.6) is 0 Å². The Morgan fingerprint density at radius 2 is 2.12 bits per heavy atom. The van der Waals surface area contributed by atoms with Gasteiger partial charge in [0.15, 0.2) is 0 Å². The van der Waals surface area contributed by atoms with Crippen molar-refractivity contribution < 1.29 is 4.79 Å². The fraction of sp³-hybridized carbons (Fsp3) is 0.722. The van der Waals surface area contributed by atoms with Crippen molar-refractivity contribution in [2.45, 2.75) is 45.2 Å². The lowest BCUT2D eigenvalue weighted by atomic mass is 9.92. The number of amides is 1. The third-order valence-corrected chi connectivity index (χ3v) is 6.50. The molecule has 1 aromatic heterocycles. The van der Waals surface area contributed by atoms with Gasteiger partial charge in [0.1, 0.15) is 0 Å². The van der Waals surface area contributed by atoms with Crippen LogP contribution in [0.3, 0.4) is 0 Å². The first kappa shape index (κ1) is 19.7. The van der Waals surface area contributed by atoms with Crippen molar-refractivity contribution in [1.82, 2.24) is 15.1 Å². The number of carbonyl (C=O) groups excluding carboxylic acids is 1. The van der Waals surface area contributed by atoms with Crippen LogP contribution >= 0.6 is 23.7 Å². The highest BCUT2D eigenvalue weighted by atomic mass is 35.5. The second-order valence-electron chi connectivity index (χ2n) is 6.93. The van der Waals surface area contributed by atoms with Crippen LogP contribution in [0, 0.1) is 5.92 Å². The number of hydrogen-bond acceptors (Lipinski definition) is 4. The zero-order valence-electron chi connectivity index (χ0n) is 14.8. The molecule has 1 N–H and O–H groups in total. The topological polar surface area (TPSA) is 35.6 Å². The van der Waals surface area contributed by atoms with Crippen molar-refractivity contribution in [2.24, 2.45) is 5.92 Å². The Bertz CT molecular complexity index is 528. The molecule has 0 aromatic carbocycles. The van der Waals surface area contributed by atoms with Gasteiger partial charge in [-0.2, -0.15) is 0 Å². The van der Waals surface area contributed by atoms with E-state index in [9.17, 15) is 4.79 Å². The number of rotatable bonds is 5. The van der Waals surface area contributed by atoms with Crippen LogP contribution in [-0.2, 0) is 17.8 Å². The molecular formula is C18H30ClN3OS. The van der Waals surface area contributed by atoms with Crippen molar-refractivity contribution in [1.29, 1.82) is 0 Å². The van der Waals surface area contributed by atoms with E-state index in [4.69, 9.17) is 0 Å². The predicted octanol–water partition coefficient (Wildman–Crippen LogP) is 2.76. The molecule has 6 heteroatoms. The summed E-state index contributed by atoms with van der Waals surface area (Å²) in [6.07, 6.45) is 4.75. The molecular weight excluding hydrogens is 342 g/mol. The Kier molecular flexibility index (Phi) is 7.54. The number of hydrogen-bond donors (Lipinski definition) is 1. The van der Waals surface area contributed by atoms with Crippen LogP contribution in [0.4, 0.5) is 0 Å². The van der Waals surface area contributed by atoms with Gasteiger partial charge in [-0.15, -0.1) is 23.7 Å². The highest BCUT2D eigenvalue weighted by Gasteiger charge is 2.30. The van der Waals surface area contributed by atoms with Crippen molar-refractivity contribution >= 4 is 29.7 Å². The predicted molar refractivity (Wildman–Crippen MR) is 103 cm³/mol. The van der Waals surface area contributed by atoms with E-state index < -0.39 is 0 Å². The van der Waals surface area contributed by atoms with E-state index in [0.29, 0.717) is 5.91 Å². The minimum Gasteiger partial charge on any atom is -0.337 e. The molecule has 2 aliphatic heterocycles. The molecule has 1 fully saturated rings. The van der Waals surface area contributed by atoms with E-state index in [1.165, 1.54) is 29.7 Å². The van der Waals surface area contributed by atoms with Crippen LogP contribution in [0.25, 0.3) is 0 Å². The lowest BCUT2D eigenvalue weighted by Crippen LogP contribution is -2.50. The van der Waals surface area contributed by atoms with Gasteiger partial charge < -0.3 is 10.2 Å². The summed E-state index contributed by atoms with van der Waals surface area (Å²) in [5, 5.41) is 5.39. The molecule has 0 aliphatic carbocycles. The molecule has 3 heterocycles. The fourth-order valence-electron chi connectivity index (χ4n) is 3.83. The number of thiophene rings is 1. The second-order valence-corrected chi connectivity index (χ2v) is 7.93. The quantitative estimate of drug-likeness (QED) is 0.864. The summed E-state index contributed by atoms with van der Waals surface area (Å²) in [6, 6.07) is 2.21. The minimum absolute atomic E-state index is 0. The molecule has 0 spiro atoms. The molecule has 24 heavy (non-hydrogen) atoms. The summed E-state index contributed by atoms with van der Waals surface area (Å²) < 4.78 is 0. The number of halogens is 1. The average Bonchev–Trinajstić information content (AvgIpc) is 3.06. The first-order chi connectivity index (χ1) is 11.2. The maximum atomic E-state index is 12.9. The van der Waals surface area contributed by atoms with Gasteiger partial charge in [0, 0.05) is 18.0 Å². The third-order valence-electron chi connectivity index (χ3n) is 5.48. The zero-order chi connectivity index (χ0) is 16.2. The number of likely N-dealkylation sites (tertiary alicyclic amines) is 1. The maximum Gasteiger partial charge on any atom is 0.239 e. The lowest BCUT2D eigenvalue weighted by Gasteiger charge is -2.38. The second kappa shape index (κ2) is 9.18. The summed E-state index contributed by atoms with van der Waals surface area (Å²) in [7, 11) is 2.02. The van der Waals surface area contributed by atoms with Crippen LogP contribution in [0.2, 0.25) is 0 Å². The molecule has 3 rings (SSSR count). The Morgan fingerprint density at radius 1 is 1.38 bits per heavy atom. The first-order valence-electron chi connectivity index (χ1n) is 8.91. The molecule has 0 bridgehead atoms. The number of fused-ring (bicyclic) bond motifs is 1. The van der Waals surface area contributed by atoms with E-state index in [-0.39, 0.29) is 18.4 Å². The summed E-state index contributed by atoms with van der Waals surface area (Å²) >= 11 is 1.83. The highest BCUT2D eigenvalue weighted by molar-refractivity contribution is 7.10. The standard InChI is InChI=1S/C18H29N3OS.ClH/c1-14(20-9-4-15(5-10-20)3-8-19-2)18(22)21-11-6-17-16(13-21)7-12-23-17;/h7,12,14-15,19H,3-6,8-11,13H2,1-2H3;1H. The number of carbonyl (C=O) groups is 1. The Labute approximate surface area is 156 Å². The Hall–Kier alpha value is -0.620. The maximum absolute atomic E-state index is 12.9. The smallest absolute Gasteiger partial charge is 0.239 e. The lowest BCUT2D eigenvalue weighted by molar-refractivity contribution is -0.138. The average molecular weight is 372 g/mol. The van der Waals surface area contributed by atoms with Crippen molar-refractivity contribution in [3.05, 3.63) is 21.9 Å². The minimum atomic E-state index is 0. The molecule has 4 nitrogen and oxygen atoms in total. The number of nitrogens with zero attached hydrogens (tertiary/aromatic N) is 2. The van der Waals surface area contributed by atoms with Crippen LogP contribution in [0.15, 0.2) is 11.4 Å². The number of nitrogens with one attached hydrogen (secondary N) is 1. The van der Waals surface area contributed by atoms with Crippen molar-refractivity contribution in [3.63, 3.8) is 0 Å². The first-order valence-corrected chi connectivity index (χ1v) is 9.79. The molecule has 1 amide bonds. The number of piperidine rings is 1. The molecule has 1 aromatic rings. The molecule has 1 atom stereocenters. The summed E-state index contributed by atoms with van der Waals surface area (Å²) in [5.41, 5.74) is 1.35. The SMILES string of the molecule is CNCCC1CCN(C(C)C(=O)N2CCc3sccc3C2)CC1.Cl. The Balaban J connectivity index is 0.00000208. The summed E-state index contributed by atoms with van der Waals surface area (Å²) in [5.74, 6) is 1.14. The van der Waals surface area contributed by atoms with E-state index in [2.05, 4.69) is 33.5 Å². The van der Waals surface area contributed by atoms with E-state index >= 15 is 0 Å². The molecule has 0 radical (unpaired) electrons. The molecule has 1 saturated heterocycles. The monoisotopic (exact) mass is 371 g/mol. The third kappa shape index (κ3) is 4.51. The fourth-order valence-corrected chi connectivity index (χ4v) is 4.72. The van der Waals surface area contributed by atoms with Crippen LogP contribution in [-0.4, -0.2) is 55.0 Å². The van der Waals surface area contributed by atoms with Crippen LogP contribution < -0.4 is 5.32 Å². The van der Waals surface area contributed by atoms with Gasteiger partial charge in [0.05, 0.1) is 6.04 Å². The normalized spacial score (nSPS) is 20.3. The molecule has 0 saturated carbocycles. The van der Waals surface area contributed by atoms with Gasteiger partial charge in [-0.05, 0) is 82.2 Å². The molecule has 136 valence electrons. The molecule has 1 unspecified atom stereocenters. The van der Waals surface area contributed by atoms with Gasteiger partial charge in [-0.1, -0.05) is 0 Å². The summed E-state index contributed by atoms with van der Waals surface area (Å²) in [4.78, 5) is 18.8. The van der Waals surface area contributed by atoms with Gasteiger partial charge in [-0.25, -0.2) is 0 Å². The van der Waals surface area contributed by atoms with Gasteiger partial charge in [0.2, 0.25) is 5.91 Å². The van der Waals surface area contributed by atoms with E-state index in [0.717, 1.165) is 45.1 Å². The van der Waals surface area contributed by atoms with Gasteiger partial charge >= 0.3 is 0 Å². The van der Waals surface area contributed by atoms with E-state index in [1.54, 1.807) is 0 Å². The van der Waals surface area contributed by atoms with Crippen LogP contribution in [0.1, 0.15) is 36.6 Å². The van der Waals surface area contributed by atoms with E-state index in [1.807, 2.05) is 18.4 Å².